The molecule has 1 unspecified atom stereocenters. The first-order chi connectivity index (χ1) is 28.1. The maximum absolute atomic E-state index is 13.1. The minimum Gasteiger partial charge on any atom is -0.545 e. The van der Waals surface area contributed by atoms with E-state index in [1.165, 1.54) is 48.5 Å². The van der Waals surface area contributed by atoms with Gasteiger partial charge in [0.15, 0.2) is 0 Å². The maximum Gasteiger partial charge on any atom is 1.00 e. The van der Waals surface area contributed by atoms with Gasteiger partial charge in [0.2, 0.25) is 11.8 Å². The second-order valence-electron chi connectivity index (χ2n) is 15.1. The first-order valence-corrected chi connectivity index (χ1v) is 19.7. The van der Waals surface area contributed by atoms with E-state index in [4.69, 9.17) is 0 Å². The molecule has 4 aromatic carbocycles. The Morgan fingerprint density at radius 3 is 1.29 bits per heavy atom. The number of carboxylic acids is 2. The van der Waals surface area contributed by atoms with Crippen molar-refractivity contribution in [2.24, 2.45) is 0 Å². The molecule has 0 radical (unpaired) electrons. The van der Waals surface area contributed by atoms with Gasteiger partial charge in [0.1, 0.15) is 5.82 Å². The molecule has 2 amide bonds. The standard InChI is InChI=1S/C23H25F3N2O3.C22H25FN2O3.3Li/c1-15(17-7-9-18(10-8-17)22(30)31)27-21(29)20-4-2-3-13-28(20)14-16-5-11-19(12-6-16)23(24,25)26;1-15(17-7-9-18(10-8-17)22(27)28)24-21(26)20-4-2-3-13-25(20)14-16-5-11-19(23)12-6-16;;;/h5-12,15,20H,2-4,13-14H2,1H3,(H,27,29)(H,30,31);5-12,15,20H,2-4,13-14H2,1H3,(H,24,26)(H,27,28);;;/q;;3*+1/p-2/t15-,20?;15-,20+;;;/m00.../s1. The third kappa shape index (κ3) is 15.8. The molecular weight excluding hydrogens is 789 g/mol. The molecule has 314 valence electrons. The smallest absolute Gasteiger partial charge is 0.545 e. The fourth-order valence-electron chi connectivity index (χ4n) is 7.41. The predicted molar refractivity (Wildman–Crippen MR) is 209 cm³/mol. The number of piperidine rings is 2. The number of benzene rings is 4. The Kier molecular flexibility index (Phi) is 22.3. The number of likely N-dealkylation sites (tertiary alicyclic amines) is 2. The van der Waals surface area contributed by atoms with Gasteiger partial charge in [-0.05, 0) is 110 Å². The molecule has 0 saturated carbocycles. The summed E-state index contributed by atoms with van der Waals surface area (Å²) in [5, 5.41) is 27.7. The fourth-order valence-corrected chi connectivity index (χ4v) is 7.41. The number of aromatic carboxylic acids is 2. The van der Waals surface area contributed by atoms with Crippen LogP contribution in [-0.2, 0) is 28.9 Å². The van der Waals surface area contributed by atoms with Crippen LogP contribution in [0.2, 0.25) is 0 Å². The molecule has 0 aromatic heterocycles. The Labute approximate surface area is 396 Å². The van der Waals surface area contributed by atoms with Gasteiger partial charge in [0.25, 0.3) is 0 Å². The van der Waals surface area contributed by atoms with Gasteiger partial charge in [-0.15, -0.1) is 0 Å². The Morgan fingerprint density at radius 2 is 0.952 bits per heavy atom. The van der Waals surface area contributed by atoms with Crippen molar-refractivity contribution in [3.05, 3.63) is 142 Å². The summed E-state index contributed by atoms with van der Waals surface area (Å²) in [4.78, 5) is 51.7. The van der Waals surface area contributed by atoms with Crippen molar-refractivity contribution in [2.45, 2.75) is 95.8 Å². The minimum atomic E-state index is -4.37. The van der Waals surface area contributed by atoms with Crippen LogP contribution in [-0.4, -0.2) is 58.7 Å². The summed E-state index contributed by atoms with van der Waals surface area (Å²) in [5.41, 5.74) is 2.79. The van der Waals surface area contributed by atoms with Gasteiger partial charge in [-0.2, -0.15) is 13.2 Å². The van der Waals surface area contributed by atoms with Gasteiger partial charge >= 0.3 is 62.8 Å². The van der Waals surface area contributed by atoms with Crippen LogP contribution in [0.5, 0.6) is 0 Å². The third-order valence-corrected chi connectivity index (χ3v) is 10.8. The van der Waals surface area contributed by atoms with Crippen LogP contribution in [0.1, 0.15) is 113 Å². The Balaban J connectivity index is 0.000000409. The van der Waals surface area contributed by atoms with Crippen LogP contribution in [0, 0.1) is 5.82 Å². The summed E-state index contributed by atoms with van der Waals surface area (Å²) >= 11 is 0. The number of nitrogens with zero attached hydrogens (tertiary/aromatic N) is 2. The number of hydrogen-bond donors (Lipinski definition) is 2. The van der Waals surface area contributed by atoms with Crippen LogP contribution in [0.15, 0.2) is 97.1 Å². The van der Waals surface area contributed by atoms with Crippen LogP contribution in [0.3, 0.4) is 0 Å². The van der Waals surface area contributed by atoms with E-state index in [2.05, 4.69) is 15.5 Å². The summed E-state index contributed by atoms with van der Waals surface area (Å²) in [6.07, 6.45) is 0.923. The molecule has 4 atom stereocenters. The zero-order valence-electron chi connectivity index (χ0n) is 36.0. The second kappa shape index (κ2) is 25.5. The van der Waals surface area contributed by atoms with E-state index >= 15 is 0 Å². The van der Waals surface area contributed by atoms with Gasteiger partial charge in [0, 0.05) is 13.1 Å². The van der Waals surface area contributed by atoms with Crippen LogP contribution in [0.25, 0.3) is 0 Å². The van der Waals surface area contributed by atoms with Crippen molar-refractivity contribution in [2.75, 3.05) is 13.1 Å². The summed E-state index contributed by atoms with van der Waals surface area (Å²) in [7, 11) is 0. The van der Waals surface area contributed by atoms with Gasteiger partial charge in [-0.3, -0.25) is 19.4 Å². The summed E-state index contributed by atoms with van der Waals surface area (Å²) in [6, 6.07) is 22.7. The van der Waals surface area contributed by atoms with Crippen LogP contribution >= 0.6 is 0 Å². The van der Waals surface area contributed by atoms with Crippen molar-refractivity contribution in [1.82, 2.24) is 20.4 Å². The number of nitrogens with one attached hydrogen (secondary N) is 2. The average Bonchev–Trinajstić information content (AvgIpc) is 3.22. The van der Waals surface area contributed by atoms with E-state index in [9.17, 15) is 47.0 Å². The van der Waals surface area contributed by atoms with Crippen LogP contribution < -0.4 is 77.4 Å². The molecule has 2 heterocycles. The zero-order chi connectivity index (χ0) is 42.7. The van der Waals surface area contributed by atoms with Crippen molar-refractivity contribution < 1.29 is 104 Å². The molecule has 10 nitrogen and oxygen atoms in total. The summed E-state index contributed by atoms with van der Waals surface area (Å²) in [6.45, 7) is 6.20. The number of halogens is 4. The summed E-state index contributed by atoms with van der Waals surface area (Å²) in [5.74, 6) is -2.94. The number of alkyl halides is 3. The van der Waals surface area contributed by atoms with E-state index in [1.54, 1.807) is 36.4 Å². The Morgan fingerprint density at radius 1 is 0.597 bits per heavy atom. The molecule has 2 fully saturated rings. The molecule has 4 aromatic rings. The summed E-state index contributed by atoms with van der Waals surface area (Å²) < 4.78 is 51.5. The molecule has 2 aliphatic heterocycles. The van der Waals surface area contributed by atoms with Crippen molar-refractivity contribution in [3.63, 3.8) is 0 Å². The number of carbonyl (C=O) groups excluding carboxylic acids is 4. The van der Waals surface area contributed by atoms with Gasteiger partial charge < -0.3 is 30.4 Å². The molecular formula is C45H48F4Li3N4O6+. The number of carbonyl (C=O) groups is 4. The monoisotopic (exact) mass is 837 g/mol. The van der Waals surface area contributed by atoms with Gasteiger partial charge in [-0.1, -0.05) is 85.6 Å². The quantitative estimate of drug-likeness (QED) is 0.112. The zero-order valence-corrected chi connectivity index (χ0v) is 36.0. The normalized spacial score (nSPS) is 17.5. The van der Waals surface area contributed by atoms with Crippen molar-refractivity contribution in [3.8, 4) is 0 Å². The second-order valence-corrected chi connectivity index (χ2v) is 15.1. The Bertz CT molecular complexity index is 2040. The van der Waals surface area contributed by atoms with Gasteiger partial charge in [-0.25, -0.2) is 4.39 Å². The molecule has 2 N–H and O–H groups in total. The first kappa shape index (κ1) is 54.3. The third-order valence-electron chi connectivity index (χ3n) is 10.8. The van der Waals surface area contributed by atoms with E-state index in [-0.39, 0.29) is 110 Å². The molecule has 2 saturated heterocycles. The average molecular weight is 838 g/mol. The van der Waals surface area contributed by atoms with Crippen molar-refractivity contribution in [1.29, 1.82) is 0 Å². The van der Waals surface area contributed by atoms with Crippen molar-refractivity contribution >= 4 is 23.8 Å². The number of carboxylic acid groups (broad SMARTS) is 2. The molecule has 62 heavy (non-hydrogen) atoms. The SMILES string of the molecule is C[C@H](NC(=O)C1CCCCN1Cc1ccc(C(F)(F)F)cc1)c1ccc(C(=O)[O-])cc1.C[C@H](NC(=O)[C@H]1CCCCN1Cc1ccc(F)cc1)c1ccc(C(=O)[O-])cc1.[Li+].[Li+].[Li+]. The molecule has 0 aliphatic carbocycles. The first-order valence-electron chi connectivity index (χ1n) is 19.7. The van der Waals surface area contributed by atoms with Gasteiger partial charge in [0.05, 0.1) is 41.7 Å². The Hall–Kier alpha value is -3.81. The largest absolute Gasteiger partial charge is 1.00 e. The van der Waals surface area contributed by atoms with E-state index in [0.717, 1.165) is 73.0 Å². The molecule has 17 heteroatoms. The number of hydrogen-bond acceptors (Lipinski definition) is 8. The topological polar surface area (TPSA) is 145 Å². The maximum atomic E-state index is 13.1. The van der Waals surface area contributed by atoms with Crippen LogP contribution in [0.4, 0.5) is 17.6 Å². The number of rotatable bonds is 12. The molecule has 0 spiro atoms. The van der Waals surface area contributed by atoms with E-state index in [1.807, 2.05) is 18.7 Å². The molecule has 6 rings (SSSR count). The fraction of sp³-hybridized carbons (Fsp3) is 0.378. The number of amides is 2. The molecule has 2 aliphatic rings. The molecule has 0 bridgehead atoms. The van der Waals surface area contributed by atoms with E-state index in [0.29, 0.717) is 26.1 Å². The predicted octanol–water partition coefficient (Wildman–Crippen LogP) is -3.27. The van der Waals surface area contributed by atoms with E-state index < -0.39 is 23.7 Å². The minimum absolute atomic E-state index is 0.